The third-order valence-corrected chi connectivity index (χ3v) is 25.0. The second-order valence-corrected chi connectivity index (χ2v) is 25.6. The first-order chi connectivity index (χ1) is 29.2. The van der Waals surface area contributed by atoms with Gasteiger partial charge in [-0.15, -0.1) is 0 Å². The second-order valence-electron chi connectivity index (χ2n) is 14.0. The topological polar surface area (TPSA) is 17.1 Å². The molecule has 0 aliphatic rings. The van der Waals surface area contributed by atoms with Crippen LogP contribution in [0.4, 0.5) is 4.79 Å². The van der Waals surface area contributed by atoms with E-state index in [9.17, 15) is 0 Å². The van der Waals surface area contributed by atoms with Crippen molar-refractivity contribution in [3.05, 3.63) is 273 Å². The van der Waals surface area contributed by atoms with E-state index in [-0.39, 0.29) is 19.5 Å². The van der Waals surface area contributed by atoms with Crippen LogP contribution in [0.15, 0.2) is 273 Å². The Balaban J connectivity index is 0.000000228. The Labute approximate surface area is 373 Å². The van der Waals surface area contributed by atoms with Gasteiger partial charge in [-0.1, -0.05) is 109 Å². The van der Waals surface area contributed by atoms with Crippen molar-refractivity contribution in [3.8, 4) is 0 Å². The molecule has 0 aromatic heterocycles. The van der Waals surface area contributed by atoms with E-state index in [0.29, 0.717) is 5.27 Å². The summed E-state index contributed by atoms with van der Waals surface area (Å²) in [6.07, 6.45) is 0. The van der Waals surface area contributed by atoms with Crippen molar-refractivity contribution in [2.75, 3.05) is 0 Å². The number of benzene rings is 9. The molecule has 0 aliphatic heterocycles. The maximum atomic E-state index is 16.4. The Hall–Kier alpha value is -5.31. The van der Waals surface area contributed by atoms with Gasteiger partial charge in [0, 0.05) is 0 Å². The van der Waals surface area contributed by atoms with Gasteiger partial charge in [0.25, 0.3) is 0 Å². The first-order valence-corrected chi connectivity index (χ1v) is 26.3. The molecule has 296 valence electrons. The van der Waals surface area contributed by atoms with Crippen LogP contribution in [0.3, 0.4) is 0 Å². The molecule has 0 saturated heterocycles. The summed E-state index contributed by atoms with van der Waals surface area (Å²) in [6.45, 7) is 0. The molecule has 9 rings (SSSR count). The predicted octanol–water partition coefficient (Wildman–Crippen LogP) is 8.49. The number of rotatable bonds is 11. The summed E-state index contributed by atoms with van der Waals surface area (Å²) in [6, 6.07) is 95.6. The zero-order valence-corrected chi connectivity index (χ0v) is 38.8. The summed E-state index contributed by atoms with van der Waals surface area (Å²) in [5.74, 6) is 0. The van der Waals surface area contributed by atoms with E-state index < -0.39 is 29.2 Å². The third kappa shape index (κ3) is 8.77. The fourth-order valence-electron chi connectivity index (χ4n) is 7.87. The standard InChI is InChI=1S/C37H30OP2.C18H15As.Rh.3H/c38-37(39(31-19-7-1-8-20-31,32-21-9-2-10-22-32)33-23-11-3-12-24-33)40(34-25-13-4-14-26-34,35-27-15-5-16-28-35)36-29-17-6-18-30-36;1-4-10-16(11-5-1)19(17-12-6-2-7-13-17)18-14-8-3-9-15-18;;;;/h1-30H;1-15H;;;;/q+2;;;;;. The summed E-state index contributed by atoms with van der Waals surface area (Å²) < 4.78 is 4.44. The van der Waals surface area contributed by atoms with Crippen LogP contribution in [0.5, 0.6) is 0 Å². The van der Waals surface area contributed by atoms with Crippen LogP contribution in [0, 0.1) is 0 Å². The van der Waals surface area contributed by atoms with E-state index in [1.54, 1.807) is 0 Å². The molecule has 0 bridgehead atoms. The molecule has 0 amide bonds. The van der Waals surface area contributed by atoms with Crippen molar-refractivity contribution < 1.29 is 24.3 Å². The van der Waals surface area contributed by atoms with E-state index in [1.807, 2.05) is 36.4 Å². The number of hydrogen-bond acceptors (Lipinski definition) is 1. The monoisotopic (exact) mass is 964 g/mol. The molecule has 0 atom stereocenters. The molecule has 0 fully saturated rings. The molecule has 1 radical (unpaired) electrons. The minimum absolute atomic E-state index is 0. The molecule has 0 saturated carbocycles. The Bertz CT molecular complexity index is 2230. The molecule has 9 aromatic carbocycles. The van der Waals surface area contributed by atoms with Gasteiger partial charge in [0.2, 0.25) is 14.5 Å². The van der Waals surface area contributed by atoms with Crippen molar-refractivity contribution in [1.29, 1.82) is 0 Å². The summed E-state index contributed by atoms with van der Waals surface area (Å²) >= 11 is -1.39. The molecular formula is C55H48AsOP2Rh+2. The molecule has 1 nitrogen and oxygen atoms in total. The molecule has 0 heterocycles. The molecule has 0 spiro atoms. The van der Waals surface area contributed by atoms with Gasteiger partial charge in [0.05, 0.1) is 0 Å². The Kier molecular flexibility index (Phi) is 14.8. The van der Waals surface area contributed by atoms with Gasteiger partial charge in [-0.3, -0.25) is 0 Å². The molecule has 9 aromatic rings. The molecule has 0 aliphatic carbocycles. The van der Waals surface area contributed by atoms with E-state index in [4.69, 9.17) is 0 Å². The van der Waals surface area contributed by atoms with Crippen LogP contribution < -0.4 is 44.9 Å². The van der Waals surface area contributed by atoms with Gasteiger partial charge in [-0.2, -0.15) is 0 Å². The van der Waals surface area contributed by atoms with E-state index in [0.717, 1.165) is 31.8 Å². The maximum absolute atomic E-state index is 16.4. The first kappa shape index (κ1) is 42.8. The summed E-state index contributed by atoms with van der Waals surface area (Å²) in [7, 11) is -5.70. The van der Waals surface area contributed by atoms with Crippen molar-refractivity contribution >= 4 is 79.3 Å². The van der Waals surface area contributed by atoms with Gasteiger partial charge >= 0.3 is 143 Å². The third-order valence-electron chi connectivity index (χ3n) is 10.5. The van der Waals surface area contributed by atoms with E-state index in [2.05, 4.69) is 237 Å². The van der Waals surface area contributed by atoms with Crippen molar-refractivity contribution in [1.82, 2.24) is 0 Å². The van der Waals surface area contributed by atoms with Crippen LogP contribution in [-0.2, 0) is 19.5 Å². The minimum atomic E-state index is -2.85. The van der Waals surface area contributed by atoms with Crippen LogP contribution in [0.1, 0.15) is 0 Å². The Morgan fingerprint density at radius 3 is 0.567 bits per heavy atom. The quantitative estimate of drug-likeness (QED) is 0.0940. The predicted molar refractivity (Wildman–Crippen MR) is 264 cm³/mol. The summed E-state index contributed by atoms with van der Waals surface area (Å²) in [5, 5.41) is 6.74. The Morgan fingerprint density at radius 2 is 0.400 bits per heavy atom. The summed E-state index contributed by atoms with van der Waals surface area (Å²) in [5.41, 5.74) is 0. The molecule has 0 unspecified atom stereocenters. The average molecular weight is 965 g/mol. The van der Waals surface area contributed by atoms with Gasteiger partial charge in [-0.25, -0.2) is 4.79 Å². The zero-order chi connectivity index (χ0) is 40.2. The number of carbonyl (C=O) groups excluding carboxylic acids is 1. The first-order valence-electron chi connectivity index (χ1n) is 19.9. The van der Waals surface area contributed by atoms with Crippen molar-refractivity contribution in [3.63, 3.8) is 0 Å². The molecule has 0 N–H and O–H groups in total. The fraction of sp³-hybridized carbons (Fsp3) is 0. The molecule has 5 heteroatoms. The van der Waals surface area contributed by atoms with Gasteiger partial charge in [0.15, 0.2) is 0 Å². The summed E-state index contributed by atoms with van der Waals surface area (Å²) in [4.78, 5) is 16.4. The van der Waals surface area contributed by atoms with Crippen LogP contribution >= 0.6 is 14.5 Å². The number of carbonyl (C=O) groups is 1. The normalized spacial score (nSPS) is 11.1. The van der Waals surface area contributed by atoms with Gasteiger partial charge < -0.3 is 0 Å². The SMILES string of the molecule is O=C([P+](c1ccccc1)(c1ccccc1)c1ccccc1)[P+](c1ccccc1)(c1ccccc1)c1ccccc1.[RhH3].c1ccc([As](c2ccccc2)c2ccccc2)cc1. The zero-order valence-electron chi connectivity index (χ0n) is 33.1. The van der Waals surface area contributed by atoms with Crippen LogP contribution in [-0.4, -0.2) is 19.9 Å². The van der Waals surface area contributed by atoms with Crippen LogP contribution in [0.2, 0.25) is 0 Å². The second kappa shape index (κ2) is 20.8. The van der Waals surface area contributed by atoms with Crippen molar-refractivity contribution in [2.45, 2.75) is 0 Å². The number of hydrogen-bond donors (Lipinski definition) is 0. The Morgan fingerprint density at radius 1 is 0.250 bits per heavy atom. The van der Waals surface area contributed by atoms with Crippen molar-refractivity contribution in [2.24, 2.45) is 0 Å². The van der Waals surface area contributed by atoms with Gasteiger partial charge in [-0.05, 0) is 72.8 Å². The van der Waals surface area contributed by atoms with E-state index in [1.165, 1.54) is 13.1 Å². The molecule has 60 heavy (non-hydrogen) atoms. The fourth-order valence-corrected chi connectivity index (χ4v) is 23.4. The van der Waals surface area contributed by atoms with E-state index >= 15 is 4.79 Å². The van der Waals surface area contributed by atoms with Gasteiger partial charge in [0.1, 0.15) is 31.8 Å². The molecular weight excluding hydrogens is 916 g/mol. The average Bonchev–Trinajstić information content (AvgIpc) is 3.33. The van der Waals surface area contributed by atoms with Crippen LogP contribution in [0.25, 0.3) is 0 Å².